The predicted octanol–water partition coefficient (Wildman–Crippen LogP) is 3.74. The molecule has 108 valence electrons. The Hall–Kier alpha value is -2.40. The van der Waals surface area contributed by atoms with Gasteiger partial charge in [-0.15, -0.1) is 0 Å². The van der Waals surface area contributed by atoms with Gasteiger partial charge in [-0.25, -0.2) is 9.18 Å². The van der Waals surface area contributed by atoms with E-state index < -0.39 is 17.7 Å². The third kappa shape index (κ3) is 3.20. The summed E-state index contributed by atoms with van der Waals surface area (Å²) >= 11 is 5.62. The van der Waals surface area contributed by atoms with Gasteiger partial charge >= 0.3 is 5.97 Å². The molecule has 1 amide bonds. The minimum Gasteiger partial charge on any atom is -0.478 e. The van der Waals surface area contributed by atoms with Crippen molar-refractivity contribution in [1.29, 1.82) is 0 Å². The van der Waals surface area contributed by atoms with Gasteiger partial charge in [0.2, 0.25) is 0 Å². The monoisotopic (exact) mass is 307 g/mol. The molecule has 0 spiro atoms. The maximum absolute atomic E-state index is 13.1. The number of carbonyl (C=O) groups excluding carboxylic acids is 1. The van der Waals surface area contributed by atoms with Crippen molar-refractivity contribution in [3.63, 3.8) is 0 Å². The molecule has 0 heterocycles. The standard InChI is InChI=1S/C15H11ClFNO3/c1-8-3-2-4-10(15(20)21)13(8)18-14(19)9-5-6-12(17)11(16)7-9/h2-7H,1H3,(H,18,19)(H,20,21). The molecule has 0 bridgehead atoms. The highest BCUT2D eigenvalue weighted by molar-refractivity contribution is 6.31. The van der Waals surface area contributed by atoms with E-state index in [1.165, 1.54) is 18.2 Å². The van der Waals surface area contributed by atoms with Crippen molar-refractivity contribution in [2.24, 2.45) is 0 Å². The van der Waals surface area contributed by atoms with Crippen LogP contribution in [0.4, 0.5) is 10.1 Å². The van der Waals surface area contributed by atoms with Crippen molar-refractivity contribution in [2.45, 2.75) is 6.92 Å². The number of carboxylic acids is 1. The van der Waals surface area contributed by atoms with E-state index >= 15 is 0 Å². The van der Waals surface area contributed by atoms with Gasteiger partial charge in [-0.1, -0.05) is 23.7 Å². The molecule has 0 aliphatic heterocycles. The van der Waals surface area contributed by atoms with Crippen LogP contribution in [0.1, 0.15) is 26.3 Å². The summed E-state index contributed by atoms with van der Waals surface area (Å²) in [5.41, 5.74) is 0.935. The van der Waals surface area contributed by atoms with Gasteiger partial charge in [0.25, 0.3) is 5.91 Å². The normalized spacial score (nSPS) is 10.2. The van der Waals surface area contributed by atoms with Crippen LogP contribution < -0.4 is 5.32 Å². The number of rotatable bonds is 3. The number of nitrogens with one attached hydrogen (secondary N) is 1. The lowest BCUT2D eigenvalue weighted by molar-refractivity contribution is 0.0698. The van der Waals surface area contributed by atoms with Gasteiger partial charge in [0.05, 0.1) is 16.3 Å². The van der Waals surface area contributed by atoms with Crippen LogP contribution >= 0.6 is 11.6 Å². The molecule has 4 nitrogen and oxygen atoms in total. The van der Waals surface area contributed by atoms with Gasteiger partial charge in [-0.05, 0) is 36.8 Å². The fourth-order valence-corrected chi connectivity index (χ4v) is 2.02. The number of hydrogen-bond donors (Lipinski definition) is 2. The van der Waals surface area contributed by atoms with Crippen LogP contribution in [-0.4, -0.2) is 17.0 Å². The molecule has 0 radical (unpaired) electrons. The van der Waals surface area contributed by atoms with E-state index in [9.17, 15) is 14.0 Å². The molecule has 2 N–H and O–H groups in total. The van der Waals surface area contributed by atoms with E-state index in [2.05, 4.69) is 5.32 Å². The van der Waals surface area contributed by atoms with Crippen LogP contribution in [-0.2, 0) is 0 Å². The Balaban J connectivity index is 2.36. The SMILES string of the molecule is Cc1cccc(C(=O)O)c1NC(=O)c1ccc(F)c(Cl)c1. The molecule has 21 heavy (non-hydrogen) atoms. The highest BCUT2D eigenvalue weighted by Gasteiger charge is 2.16. The molecule has 0 aliphatic rings. The van der Waals surface area contributed by atoms with Crippen molar-refractivity contribution in [3.8, 4) is 0 Å². The molecule has 0 saturated heterocycles. The number of anilines is 1. The van der Waals surface area contributed by atoms with E-state index in [-0.39, 0.29) is 21.8 Å². The average molecular weight is 308 g/mol. The molecule has 0 aliphatic carbocycles. The summed E-state index contributed by atoms with van der Waals surface area (Å²) in [5.74, 6) is -2.34. The second-order valence-corrected chi connectivity index (χ2v) is 4.79. The summed E-state index contributed by atoms with van der Waals surface area (Å²) < 4.78 is 13.1. The second-order valence-electron chi connectivity index (χ2n) is 4.39. The largest absolute Gasteiger partial charge is 0.478 e. The first kappa shape index (κ1) is 15.0. The molecule has 2 rings (SSSR count). The Labute approximate surface area is 125 Å². The molecule has 0 saturated carbocycles. The minimum absolute atomic E-state index is 0.0171. The molecule has 0 unspecified atom stereocenters. The van der Waals surface area contributed by atoms with Crippen molar-refractivity contribution in [2.75, 3.05) is 5.32 Å². The van der Waals surface area contributed by atoms with Gasteiger partial charge in [-0.2, -0.15) is 0 Å². The number of benzene rings is 2. The van der Waals surface area contributed by atoms with Crippen LogP contribution in [0.3, 0.4) is 0 Å². The summed E-state index contributed by atoms with van der Waals surface area (Å²) in [4.78, 5) is 23.3. The lowest BCUT2D eigenvalue weighted by Crippen LogP contribution is -2.16. The van der Waals surface area contributed by atoms with Gasteiger partial charge in [0.1, 0.15) is 5.82 Å². The first-order valence-corrected chi connectivity index (χ1v) is 6.37. The number of para-hydroxylation sites is 1. The fourth-order valence-electron chi connectivity index (χ4n) is 1.83. The van der Waals surface area contributed by atoms with Crippen LogP contribution in [0.25, 0.3) is 0 Å². The van der Waals surface area contributed by atoms with Crippen molar-refractivity contribution in [3.05, 3.63) is 63.9 Å². The third-order valence-corrected chi connectivity index (χ3v) is 3.21. The van der Waals surface area contributed by atoms with Crippen LogP contribution in [0, 0.1) is 12.7 Å². The molecule has 0 fully saturated rings. The second kappa shape index (κ2) is 5.93. The molecule has 6 heteroatoms. The maximum atomic E-state index is 13.1. The number of hydrogen-bond acceptors (Lipinski definition) is 2. The number of halogens is 2. The zero-order valence-corrected chi connectivity index (χ0v) is 11.7. The number of carbonyl (C=O) groups is 2. The van der Waals surface area contributed by atoms with Crippen molar-refractivity contribution < 1.29 is 19.1 Å². The summed E-state index contributed by atoms with van der Waals surface area (Å²) in [7, 11) is 0. The van der Waals surface area contributed by atoms with Crippen molar-refractivity contribution >= 4 is 29.2 Å². The van der Waals surface area contributed by atoms with Crippen molar-refractivity contribution in [1.82, 2.24) is 0 Å². The molecular formula is C15H11ClFNO3. The van der Waals surface area contributed by atoms with Gasteiger partial charge < -0.3 is 10.4 Å². The van der Waals surface area contributed by atoms with Crippen LogP contribution in [0.15, 0.2) is 36.4 Å². The number of aryl methyl sites for hydroxylation is 1. The molecule has 0 aromatic heterocycles. The number of aromatic carboxylic acids is 1. The zero-order valence-electron chi connectivity index (χ0n) is 11.0. The Morgan fingerprint density at radius 3 is 2.57 bits per heavy atom. The van der Waals surface area contributed by atoms with E-state index in [0.717, 1.165) is 6.07 Å². The quantitative estimate of drug-likeness (QED) is 0.907. The van der Waals surface area contributed by atoms with Gasteiger partial charge in [0, 0.05) is 5.56 Å². The third-order valence-electron chi connectivity index (χ3n) is 2.92. The fraction of sp³-hybridized carbons (Fsp3) is 0.0667. The summed E-state index contributed by atoms with van der Waals surface area (Å²) in [6.45, 7) is 1.68. The van der Waals surface area contributed by atoms with E-state index in [1.54, 1.807) is 19.1 Å². The smallest absolute Gasteiger partial charge is 0.337 e. The minimum atomic E-state index is -1.15. The van der Waals surface area contributed by atoms with E-state index in [0.29, 0.717) is 5.56 Å². The first-order valence-electron chi connectivity index (χ1n) is 5.99. The van der Waals surface area contributed by atoms with Gasteiger partial charge in [0.15, 0.2) is 0 Å². The predicted molar refractivity (Wildman–Crippen MR) is 77.5 cm³/mol. The Bertz CT molecular complexity index is 731. The maximum Gasteiger partial charge on any atom is 0.337 e. The zero-order chi connectivity index (χ0) is 15.6. The number of carboxylic acid groups (broad SMARTS) is 1. The Morgan fingerprint density at radius 2 is 1.95 bits per heavy atom. The van der Waals surface area contributed by atoms with Gasteiger partial charge in [-0.3, -0.25) is 4.79 Å². The highest BCUT2D eigenvalue weighted by atomic mass is 35.5. The summed E-state index contributed by atoms with van der Waals surface area (Å²) in [5, 5.41) is 11.5. The summed E-state index contributed by atoms with van der Waals surface area (Å²) in [6.07, 6.45) is 0. The first-order chi connectivity index (χ1) is 9.90. The van der Waals surface area contributed by atoms with Crippen LogP contribution in [0.5, 0.6) is 0 Å². The van der Waals surface area contributed by atoms with E-state index in [4.69, 9.17) is 16.7 Å². The Morgan fingerprint density at radius 1 is 1.24 bits per heavy atom. The molecule has 2 aromatic rings. The van der Waals surface area contributed by atoms with E-state index in [1.807, 2.05) is 0 Å². The lowest BCUT2D eigenvalue weighted by atomic mass is 10.1. The molecular weight excluding hydrogens is 297 g/mol. The number of amides is 1. The topological polar surface area (TPSA) is 66.4 Å². The van der Waals surface area contributed by atoms with Crippen LogP contribution in [0.2, 0.25) is 5.02 Å². The highest BCUT2D eigenvalue weighted by Crippen LogP contribution is 2.22. The molecule has 0 atom stereocenters. The Kier molecular flexibility index (Phi) is 4.23. The summed E-state index contributed by atoms with van der Waals surface area (Å²) in [6, 6.07) is 8.19. The average Bonchev–Trinajstić information content (AvgIpc) is 2.43. The lowest BCUT2D eigenvalue weighted by Gasteiger charge is -2.11. The molecule has 2 aromatic carbocycles.